The van der Waals surface area contributed by atoms with Gasteiger partial charge in [0.25, 0.3) is 11.6 Å². The molecule has 2 aromatic rings. The molecule has 0 saturated heterocycles. The second kappa shape index (κ2) is 6.42. The summed E-state index contributed by atoms with van der Waals surface area (Å²) < 4.78 is 0. The molecule has 2 heterocycles. The minimum absolute atomic E-state index is 0.0726. The van der Waals surface area contributed by atoms with Gasteiger partial charge in [0, 0.05) is 18.8 Å². The number of nitrogens with zero attached hydrogens (tertiary/aromatic N) is 3. The third-order valence-corrected chi connectivity index (χ3v) is 2.59. The summed E-state index contributed by atoms with van der Waals surface area (Å²) in [6.07, 6.45) is 2.58. The molecule has 0 fully saturated rings. The smallest absolute Gasteiger partial charge is 0.300 e. The summed E-state index contributed by atoms with van der Waals surface area (Å²) in [5.74, 6) is 0.106. The van der Waals surface area contributed by atoms with Gasteiger partial charge in [0.2, 0.25) is 0 Å². The van der Waals surface area contributed by atoms with E-state index < -0.39 is 10.8 Å². The lowest BCUT2D eigenvalue weighted by atomic mass is 10.2. The monoisotopic (exact) mass is 287 g/mol. The summed E-state index contributed by atoms with van der Waals surface area (Å²) in [6, 6.07) is 6.34. The molecule has 21 heavy (non-hydrogen) atoms. The van der Waals surface area contributed by atoms with Gasteiger partial charge in [-0.2, -0.15) is 0 Å². The van der Waals surface area contributed by atoms with E-state index in [1.54, 1.807) is 18.2 Å². The van der Waals surface area contributed by atoms with Crippen LogP contribution in [0.2, 0.25) is 0 Å². The molecule has 2 N–H and O–H groups in total. The average molecular weight is 287 g/mol. The summed E-state index contributed by atoms with van der Waals surface area (Å²) in [4.78, 5) is 30.4. The van der Waals surface area contributed by atoms with Gasteiger partial charge in [-0.1, -0.05) is 6.07 Å². The summed E-state index contributed by atoms with van der Waals surface area (Å²) >= 11 is 0. The second-order valence-electron chi connectivity index (χ2n) is 4.04. The Bertz CT molecular complexity index is 660. The van der Waals surface area contributed by atoms with E-state index in [1.165, 1.54) is 12.3 Å². The fourth-order valence-electron chi connectivity index (χ4n) is 1.67. The van der Waals surface area contributed by atoms with Crippen LogP contribution in [0.4, 0.5) is 17.3 Å². The molecule has 2 aromatic heterocycles. The van der Waals surface area contributed by atoms with Crippen molar-refractivity contribution in [2.24, 2.45) is 0 Å². The van der Waals surface area contributed by atoms with Crippen molar-refractivity contribution in [3.63, 3.8) is 0 Å². The van der Waals surface area contributed by atoms with E-state index in [1.807, 2.05) is 6.92 Å². The number of pyridine rings is 2. The van der Waals surface area contributed by atoms with Crippen LogP contribution in [0.15, 0.2) is 36.7 Å². The lowest BCUT2D eigenvalue weighted by molar-refractivity contribution is -0.385. The molecule has 2 rings (SSSR count). The Morgan fingerprint density at radius 2 is 2.14 bits per heavy atom. The van der Waals surface area contributed by atoms with Gasteiger partial charge >= 0.3 is 0 Å². The number of aromatic nitrogens is 2. The van der Waals surface area contributed by atoms with Gasteiger partial charge < -0.3 is 10.6 Å². The summed E-state index contributed by atoms with van der Waals surface area (Å²) in [7, 11) is 0. The minimum atomic E-state index is -0.643. The number of anilines is 2. The zero-order valence-corrected chi connectivity index (χ0v) is 11.2. The Balaban J connectivity index is 2.33. The van der Waals surface area contributed by atoms with Crippen molar-refractivity contribution >= 4 is 23.2 Å². The lowest BCUT2D eigenvalue weighted by Crippen LogP contribution is -2.15. The molecule has 0 unspecified atom stereocenters. The van der Waals surface area contributed by atoms with Gasteiger partial charge in [-0.15, -0.1) is 0 Å². The zero-order valence-electron chi connectivity index (χ0n) is 11.2. The fraction of sp³-hybridized carbons (Fsp3) is 0.154. The maximum atomic E-state index is 12.2. The Labute approximate surface area is 120 Å². The summed E-state index contributed by atoms with van der Waals surface area (Å²) in [5, 5.41) is 16.4. The van der Waals surface area contributed by atoms with Crippen LogP contribution < -0.4 is 10.6 Å². The van der Waals surface area contributed by atoms with Crippen LogP contribution in [0.3, 0.4) is 0 Å². The van der Waals surface area contributed by atoms with E-state index in [-0.39, 0.29) is 11.3 Å². The Morgan fingerprint density at radius 3 is 2.76 bits per heavy atom. The van der Waals surface area contributed by atoms with Crippen LogP contribution in [0, 0.1) is 10.1 Å². The van der Waals surface area contributed by atoms with E-state index in [4.69, 9.17) is 0 Å². The van der Waals surface area contributed by atoms with Gasteiger partial charge in [0.1, 0.15) is 23.4 Å². The van der Waals surface area contributed by atoms with E-state index >= 15 is 0 Å². The van der Waals surface area contributed by atoms with E-state index in [0.717, 1.165) is 6.20 Å². The molecule has 0 aliphatic carbocycles. The van der Waals surface area contributed by atoms with E-state index in [2.05, 4.69) is 20.6 Å². The second-order valence-corrected chi connectivity index (χ2v) is 4.04. The third-order valence-electron chi connectivity index (χ3n) is 2.59. The number of nitrogens with one attached hydrogen (secondary N) is 2. The standard InChI is InChI=1S/C13H13N5O3/c1-2-14-12-7-9(10(8-16-12)18(20)21)13(19)17-11-5-3-4-6-15-11/h3-8H,2H2,1H3,(H,14,16)(H,15,17,19). The topological polar surface area (TPSA) is 110 Å². The highest BCUT2D eigenvalue weighted by atomic mass is 16.6. The molecule has 0 aromatic carbocycles. The normalized spacial score (nSPS) is 9.95. The zero-order chi connectivity index (χ0) is 15.2. The van der Waals surface area contributed by atoms with Crippen LogP contribution in [0.25, 0.3) is 0 Å². The Morgan fingerprint density at radius 1 is 1.33 bits per heavy atom. The van der Waals surface area contributed by atoms with Crippen molar-refractivity contribution in [2.45, 2.75) is 6.92 Å². The molecule has 0 saturated carbocycles. The molecule has 0 bridgehead atoms. The molecule has 8 nitrogen and oxygen atoms in total. The highest BCUT2D eigenvalue weighted by Gasteiger charge is 2.22. The van der Waals surface area contributed by atoms with Crippen LogP contribution >= 0.6 is 0 Å². The van der Waals surface area contributed by atoms with Crippen LogP contribution in [-0.2, 0) is 0 Å². The number of amides is 1. The van der Waals surface area contributed by atoms with Crippen LogP contribution in [0.1, 0.15) is 17.3 Å². The predicted octanol–water partition coefficient (Wildman–Crippen LogP) is 2.07. The molecule has 0 aliphatic rings. The van der Waals surface area contributed by atoms with Gasteiger partial charge in [-0.3, -0.25) is 14.9 Å². The number of hydrogen-bond donors (Lipinski definition) is 2. The maximum Gasteiger partial charge on any atom is 0.300 e. The van der Waals surface area contributed by atoms with Gasteiger partial charge in [-0.05, 0) is 19.1 Å². The first-order valence-corrected chi connectivity index (χ1v) is 6.22. The van der Waals surface area contributed by atoms with Gasteiger partial charge in [-0.25, -0.2) is 9.97 Å². The molecule has 8 heteroatoms. The van der Waals surface area contributed by atoms with Crippen molar-refractivity contribution in [1.29, 1.82) is 0 Å². The fourth-order valence-corrected chi connectivity index (χ4v) is 1.67. The van der Waals surface area contributed by atoms with Crippen molar-refractivity contribution in [2.75, 3.05) is 17.2 Å². The first kappa shape index (κ1) is 14.4. The minimum Gasteiger partial charge on any atom is -0.370 e. The number of nitro groups is 1. The predicted molar refractivity (Wildman–Crippen MR) is 77.2 cm³/mol. The molecule has 108 valence electrons. The van der Waals surface area contributed by atoms with Crippen molar-refractivity contribution in [3.05, 3.63) is 52.3 Å². The Kier molecular flexibility index (Phi) is 4.39. The van der Waals surface area contributed by atoms with Gasteiger partial charge in [0.15, 0.2) is 0 Å². The van der Waals surface area contributed by atoms with E-state index in [9.17, 15) is 14.9 Å². The molecule has 0 radical (unpaired) electrons. The van der Waals surface area contributed by atoms with Crippen LogP contribution in [-0.4, -0.2) is 27.3 Å². The number of rotatable bonds is 5. The lowest BCUT2D eigenvalue weighted by Gasteiger charge is -2.07. The molecular formula is C13H13N5O3. The van der Waals surface area contributed by atoms with Crippen molar-refractivity contribution in [1.82, 2.24) is 9.97 Å². The van der Waals surface area contributed by atoms with Crippen molar-refractivity contribution < 1.29 is 9.72 Å². The van der Waals surface area contributed by atoms with Crippen molar-refractivity contribution in [3.8, 4) is 0 Å². The molecular weight excluding hydrogens is 274 g/mol. The Hall–Kier alpha value is -3.03. The maximum absolute atomic E-state index is 12.2. The highest BCUT2D eigenvalue weighted by molar-refractivity contribution is 6.07. The summed E-state index contributed by atoms with van der Waals surface area (Å²) in [5.41, 5.74) is -0.429. The first-order valence-electron chi connectivity index (χ1n) is 6.22. The van der Waals surface area contributed by atoms with Crippen LogP contribution in [0.5, 0.6) is 0 Å². The number of carbonyl (C=O) groups excluding carboxylic acids is 1. The third kappa shape index (κ3) is 3.50. The summed E-state index contributed by atoms with van der Waals surface area (Å²) in [6.45, 7) is 2.45. The average Bonchev–Trinajstić information content (AvgIpc) is 2.48. The number of carbonyl (C=O) groups is 1. The highest BCUT2D eigenvalue weighted by Crippen LogP contribution is 2.21. The molecule has 0 spiro atoms. The molecule has 1 amide bonds. The molecule has 0 aliphatic heterocycles. The van der Waals surface area contributed by atoms with Gasteiger partial charge in [0.05, 0.1) is 4.92 Å². The SMILES string of the molecule is CCNc1cc(C(=O)Nc2ccccn2)c([N+](=O)[O-])cn1. The number of hydrogen-bond acceptors (Lipinski definition) is 6. The quantitative estimate of drug-likeness (QED) is 0.643. The largest absolute Gasteiger partial charge is 0.370 e. The first-order chi connectivity index (χ1) is 10.1. The molecule has 0 atom stereocenters. The van der Waals surface area contributed by atoms with E-state index in [0.29, 0.717) is 18.2 Å².